The number of anilines is 1. The van der Waals surface area contributed by atoms with Crippen molar-refractivity contribution in [2.24, 2.45) is 0 Å². The highest BCUT2D eigenvalue weighted by Gasteiger charge is 2.20. The second kappa shape index (κ2) is 6.22. The third kappa shape index (κ3) is 2.93. The van der Waals surface area contributed by atoms with E-state index in [-0.39, 0.29) is 11.9 Å². The van der Waals surface area contributed by atoms with E-state index in [4.69, 9.17) is 5.73 Å². The van der Waals surface area contributed by atoms with E-state index in [1.165, 1.54) is 0 Å². The van der Waals surface area contributed by atoms with Crippen molar-refractivity contribution in [1.29, 1.82) is 0 Å². The van der Waals surface area contributed by atoms with Gasteiger partial charge in [-0.3, -0.25) is 4.79 Å². The molecule has 1 atom stereocenters. The number of hydrogen-bond acceptors (Lipinski definition) is 3. The number of carbonyl (C=O) groups is 1. The summed E-state index contributed by atoms with van der Waals surface area (Å²) in [5, 5.41) is 0.972. The Kier molecular flexibility index (Phi) is 4.60. The first-order valence-electron chi connectivity index (χ1n) is 6.71. The molecule has 108 valence electrons. The Balaban J connectivity index is 2.26. The van der Waals surface area contributed by atoms with E-state index < -0.39 is 0 Å². The molecule has 0 fully saturated rings. The lowest BCUT2D eigenvalue weighted by Gasteiger charge is -2.26. The van der Waals surface area contributed by atoms with Crippen molar-refractivity contribution >= 4 is 34.3 Å². The second-order valence-corrected chi connectivity index (χ2v) is 5.87. The van der Waals surface area contributed by atoms with Crippen molar-refractivity contribution in [2.45, 2.75) is 19.4 Å². The van der Waals surface area contributed by atoms with Crippen molar-refractivity contribution in [2.75, 3.05) is 24.8 Å². The second-order valence-electron chi connectivity index (χ2n) is 4.96. The molecule has 2 rings (SSSR count). The minimum absolute atomic E-state index is 0.0284. The molecule has 1 aromatic carbocycles. The summed E-state index contributed by atoms with van der Waals surface area (Å²) in [6, 6.07) is 7.74. The zero-order valence-electron chi connectivity index (χ0n) is 12.1. The molecular weight excluding hydrogens is 270 g/mol. The highest BCUT2D eigenvalue weighted by molar-refractivity contribution is 7.98. The van der Waals surface area contributed by atoms with Crippen molar-refractivity contribution in [3.05, 3.63) is 30.0 Å². The molecule has 0 saturated carbocycles. The quantitative estimate of drug-likeness (QED) is 0.833. The highest BCUT2D eigenvalue weighted by Crippen LogP contribution is 2.20. The molecule has 1 aromatic heterocycles. The third-order valence-corrected chi connectivity index (χ3v) is 4.29. The molecular formula is C15H21N3OS. The van der Waals surface area contributed by atoms with Gasteiger partial charge in [-0.25, -0.2) is 0 Å². The number of aromatic amines is 1. The average molecular weight is 291 g/mol. The summed E-state index contributed by atoms with van der Waals surface area (Å²) in [7, 11) is 1.87. The molecule has 3 N–H and O–H groups in total. The first-order valence-corrected chi connectivity index (χ1v) is 8.10. The van der Waals surface area contributed by atoms with E-state index >= 15 is 0 Å². The molecule has 1 amide bonds. The third-order valence-electron chi connectivity index (χ3n) is 3.57. The summed E-state index contributed by atoms with van der Waals surface area (Å²) in [4.78, 5) is 17.5. The van der Waals surface area contributed by atoms with Crippen LogP contribution in [0.5, 0.6) is 0 Å². The molecule has 5 heteroatoms. The molecule has 0 bridgehead atoms. The van der Waals surface area contributed by atoms with Crippen LogP contribution in [0.4, 0.5) is 5.69 Å². The molecule has 1 unspecified atom stereocenters. The van der Waals surface area contributed by atoms with E-state index in [9.17, 15) is 4.79 Å². The van der Waals surface area contributed by atoms with Gasteiger partial charge in [0.15, 0.2) is 0 Å². The van der Waals surface area contributed by atoms with Gasteiger partial charge >= 0.3 is 0 Å². The van der Waals surface area contributed by atoms with Gasteiger partial charge in [0, 0.05) is 35.4 Å². The predicted molar refractivity (Wildman–Crippen MR) is 87.3 cm³/mol. The molecule has 0 spiro atoms. The Morgan fingerprint density at radius 2 is 2.20 bits per heavy atom. The van der Waals surface area contributed by atoms with E-state index in [0.29, 0.717) is 11.4 Å². The number of nitrogens with two attached hydrogens (primary N) is 1. The molecule has 0 aliphatic carbocycles. The van der Waals surface area contributed by atoms with Crippen LogP contribution in [0, 0.1) is 0 Å². The van der Waals surface area contributed by atoms with Crippen LogP contribution in [0.15, 0.2) is 24.3 Å². The number of rotatable bonds is 5. The average Bonchev–Trinajstić information content (AvgIpc) is 2.86. The molecule has 0 radical (unpaired) electrons. The number of fused-ring (bicyclic) bond motifs is 1. The van der Waals surface area contributed by atoms with Gasteiger partial charge in [0.2, 0.25) is 0 Å². The van der Waals surface area contributed by atoms with Crippen molar-refractivity contribution in [3.8, 4) is 0 Å². The van der Waals surface area contributed by atoms with Crippen LogP contribution in [0.3, 0.4) is 0 Å². The van der Waals surface area contributed by atoms with Crippen LogP contribution in [-0.2, 0) is 0 Å². The van der Waals surface area contributed by atoms with E-state index in [1.807, 2.05) is 36.2 Å². The lowest BCUT2D eigenvalue weighted by atomic mass is 10.2. The molecule has 1 heterocycles. The van der Waals surface area contributed by atoms with Gasteiger partial charge in [0.1, 0.15) is 5.69 Å². The molecule has 4 nitrogen and oxygen atoms in total. The molecule has 0 aliphatic rings. The zero-order chi connectivity index (χ0) is 14.7. The van der Waals surface area contributed by atoms with Gasteiger partial charge in [-0.05, 0) is 36.9 Å². The first-order chi connectivity index (χ1) is 9.56. The van der Waals surface area contributed by atoms with Crippen LogP contribution in [-0.4, -0.2) is 40.9 Å². The lowest BCUT2D eigenvalue weighted by molar-refractivity contribution is 0.0738. The molecule has 20 heavy (non-hydrogen) atoms. The zero-order valence-corrected chi connectivity index (χ0v) is 13.0. The molecule has 0 saturated heterocycles. The van der Waals surface area contributed by atoms with Crippen LogP contribution in [0.2, 0.25) is 0 Å². The van der Waals surface area contributed by atoms with Gasteiger partial charge < -0.3 is 15.6 Å². The number of nitrogens with zero attached hydrogens (tertiary/aromatic N) is 1. The maximum Gasteiger partial charge on any atom is 0.270 e. The SMILES string of the molecule is CCC(CSC)N(C)C(=O)c1cc2cc(N)ccc2[nH]1. The van der Waals surface area contributed by atoms with Crippen LogP contribution < -0.4 is 5.73 Å². The maximum atomic E-state index is 12.5. The van der Waals surface area contributed by atoms with E-state index in [1.54, 1.807) is 11.8 Å². The fraction of sp³-hybridized carbons (Fsp3) is 0.400. The van der Waals surface area contributed by atoms with Gasteiger partial charge in [-0.1, -0.05) is 6.92 Å². The smallest absolute Gasteiger partial charge is 0.270 e. The lowest BCUT2D eigenvalue weighted by Crippen LogP contribution is -2.38. The minimum atomic E-state index is 0.0284. The van der Waals surface area contributed by atoms with Crippen LogP contribution in [0.25, 0.3) is 10.9 Å². The van der Waals surface area contributed by atoms with Crippen molar-refractivity contribution < 1.29 is 4.79 Å². The van der Waals surface area contributed by atoms with E-state index in [2.05, 4.69) is 18.2 Å². The maximum absolute atomic E-state index is 12.5. The highest BCUT2D eigenvalue weighted by atomic mass is 32.2. The number of amides is 1. The summed E-state index contributed by atoms with van der Waals surface area (Å²) in [5.41, 5.74) is 8.03. The normalized spacial score (nSPS) is 12.6. The number of nitrogen functional groups attached to an aromatic ring is 1. The fourth-order valence-electron chi connectivity index (χ4n) is 2.32. The topological polar surface area (TPSA) is 62.1 Å². The fourth-order valence-corrected chi connectivity index (χ4v) is 3.16. The minimum Gasteiger partial charge on any atom is -0.399 e. The van der Waals surface area contributed by atoms with Crippen LogP contribution >= 0.6 is 11.8 Å². The Morgan fingerprint density at radius 3 is 2.85 bits per heavy atom. The predicted octanol–water partition coefficient (Wildman–Crippen LogP) is 2.96. The summed E-state index contributed by atoms with van der Waals surface area (Å²) in [5.74, 6) is 0.979. The largest absolute Gasteiger partial charge is 0.399 e. The molecule has 0 aliphatic heterocycles. The first kappa shape index (κ1) is 14.8. The van der Waals surface area contributed by atoms with Gasteiger partial charge in [-0.2, -0.15) is 11.8 Å². The summed E-state index contributed by atoms with van der Waals surface area (Å²) in [6.07, 6.45) is 3.02. The summed E-state index contributed by atoms with van der Waals surface area (Å²) in [6.45, 7) is 2.11. The van der Waals surface area contributed by atoms with Gasteiger partial charge in [-0.15, -0.1) is 0 Å². The van der Waals surface area contributed by atoms with Gasteiger partial charge in [0.25, 0.3) is 5.91 Å². The van der Waals surface area contributed by atoms with Crippen molar-refractivity contribution in [1.82, 2.24) is 9.88 Å². The van der Waals surface area contributed by atoms with Crippen molar-refractivity contribution in [3.63, 3.8) is 0 Å². The van der Waals surface area contributed by atoms with Crippen LogP contribution in [0.1, 0.15) is 23.8 Å². The number of H-pyrrole nitrogens is 1. The monoisotopic (exact) mass is 291 g/mol. The number of nitrogens with one attached hydrogen (secondary N) is 1. The summed E-state index contributed by atoms with van der Waals surface area (Å²) >= 11 is 1.76. The Morgan fingerprint density at radius 1 is 1.45 bits per heavy atom. The number of hydrogen-bond donors (Lipinski definition) is 2. The Hall–Kier alpha value is -1.62. The van der Waals surface area contributed by atoms with Gasteiger partial charge in [0.05, 0.1) is 0 Å². The number of aromatic nitrogens is 1. The molecule has 2 aromatic rings. The standard InChI is InChI=1S/C15H21N3OS/c1-4-12(9-20-3)18(2)15(19)14-8-10-7-11(16)5-6-13(10)17-14/h5-8,12,17H,4,9,16H2,1-3H3. The Bertz CT molecular complexity index is 608. The number of benzene rings is 1. The number of carbonyl (C=O) groups excluding carboxylic acids is 1. The Labute approximate surface area is 123 Å². The number of thioether (sulfide) groups is 1. The summed E-state index contributed by atoms with van der Waals surface area (Å²) < 4.78 is 0. The van der Waals surface area contributed by atoms with E-state index in [0.717, 1.165) is 23.1 Å².